The third-order valence-electron chi connectivity index (χ3n) is 2.31. The first-order valence-electron chi connectivity index (χ1n) is 5.58. The predicted octanol–water partition coefficient (Wildman–Crippen LogP) is 3.10. The molecule has 0 saturated heterocycles. The van der Waals surface area contributed by atoms with Gasteiger partial charge in [0.25, 0.3) is 0 Å². The Kier molecular flexibility index (Phi) is 6.13. The molecule has 3 nitrogen and oxygen atoms in total. The maximum absolute atomic E-state index is 11.5. The Morgan fingerprint density at radius 3 is 2.59 bits per heavy atom. The first-order valence-corrected chi connectivity index (χ1v) is 6.11. The van der Waals surface area contributed by atoms with Crippen LogP contribution in [0.15, 0.2) is 24.3 Å². The van der Waals surface area contributed by atoms with Crippen molar-refractivity contribution in [1.29, 1.82) is 5.26 Å². The van der Waals surface area contributed by atoms with Gasteiger partial charge in [0.1, 0.15) is 0 Å². The molecule has 1 amide bonds. The average Bonchev–Trinajstić information content (AvgIpc) is 2.32. The van der Waals surface area contributed by atoms with Gasteiger partial charge < -0.3 is 5.32 Å². The van der Waals surface area contributed by atoms with Gasteiger partial charge in [-0.15, -0.1) is 11.6 Å². The van der Waals surface area contributed by atoms with Crippen molar-refractivity contribution in [2.75, 3.05) is 11.2 Å². The van der Waals surface area contributed by atoms with Crippen molar-refractivity contribution >= 4 is 23.2 Å². The van der Waals surface area contributed by atoms with Crippen LogP contribution < -0.4 is 5.32 Å². The molecule has 17 heavy (non-hydrogen) atoms. The molecule has 90 valence electrons. The van der Waals surface area contributed by atoms with Crippen LogP contribution in [0.2, 0.25) is 0 Å². The second kappa shape index (κ2) is 7.70. The van der Waals surface area contributed by atoms with Gasteiger partial charge in [0.2, 0.25) is 5.91 Å². The SMILES string of the molecule is N#CCc1ccc(NC(=O)CCCCCl)cc1. The van der Waals surface area contributed by atoms with Gasteiger partial charge in [-0.2, -0.15) is 5.26 Å². The first-order chi connectivity index (χ1) is 8.26. The maximum atomic E-state index is 11.5. The standard InChI is InChI=1S/C13H15ClN2O/c14-9-2-1-3-13(17)16-12-6-4-11(5-7-12)8-10-15/h4-7H,1-3,8-9H2,(H,16,17). The molecule has 1 aromatic carbocycles. The summed E-state index contributed by atoms with van der Waals surface area (Å²) in [7, 11) is 0. The molecule has 0 aromatic heterocycles. The van der Waals surface area contributed by atoms with E-state index in [0.29, 0.717) is 18.7 Å². The summed E-state index contributed by atoms with van der Waals surface area (Å²) in [6.45, 7) is 0. The van der Waals surface area contributed by atoms with Crippen molar-refractivity contribution in [2.24, 2.45) is 0 Å². The number of hydrogen-bond acceptors (Lipinski definition) is 2. The Morgan fingerprint density at radius 1 is 1.29 bits per heavy atom. The van der Waals surface area contributed by atoms with Crippen LogP contribution in [-0.4, -0.2) is 11.8 Å². The number of anilines is 1. The van der Waals surface area contributed by atoms with Crippen molar-refractivity contribution in [1.82, 2.24) is 0 Å². The summed E-state index contributed by atoms with van der Waals surface area (Å²) in [4.78, 5) is 11.5. The third kappa shape index (κ3) is 5.37. The number of nitrogens with zero attached hydrogens (tertiary/aromatic N) is 1. The molecule has 1 aromatic rings. The Balaban J connectivity index is 2.41. The molecule has 1 rings (SSSR count). The number of rotatable bonds is 6. The van der Waals surface area contributed by atoms with Gasteiger partial charge in [0.15, 0.2) is 0 Å². The van der Waals surface area contributed by atoms with Gasteiger partial charge in [-0.3, -0.25) is 4.79 Å². The van der Waals surface area contributed by atoms with Crippen molar-refractivity contribution in [2.45, 2.75) is 25.7 Å². The number of amides is 1. The van der Waals surface area contributed by atoms with Crippen LogP contribution >= 0.6 is 11.6 Å². The van der Waals surface area contributed by atoms with Gasteiger partial charge in [-0.1, -0.05) is 12.1 Å². The first kappa shape index (κ1) is 13.5. The van der Waals surface area contributed by atoms with Gasteiger partial charge in [0.05, 0.1) is 12.5 Å². The van der Waals surface area contributed by atoms with Crippen molar-refractivity contribution in [3.8, 4) is 6.07 Å². The zero-order chi connectivity index (χ0) is 12.5. The van der Waals surface area contributed by atoms with E-state index >= 15 is 0 Å². The minimum absolute atomic E-state index is 0.00292. The fraction of sp³-hybridized carbons (Fsp3) is 0.385. The minimum Gasteiger partial charge on any atom is -0.326 e. The highest BCUT2D eigenvalue weighted by molar-refractivity contribution is 6.17. The number of benzene rings is 1. The van der Waals surface area contributed by atoms with Crippen LogP contribution in [0.25, 0.3) is 0 Å². The summed E-state index contributed by atoms with van der Waals surface area (Å²) in [5.41, 5.74) is 1.72. The number of carbonyl (C=O) groups is 1. The fourth-order valence-electron chi connectivity index (χ4n) is 1.40. The second-order valence-electron chi connectivity index (χ2n) is 3.73. The summed E-state index contributed by atoms with van der Waals surface area (Å²) in [5.74, 6) is 0.596. The number of halogens is 1. The number of carbonyl (C=O) groups excluding carboxylic acids is 1. The van der Waals surface area contributed by atoms with Crippen molar-refractivity contribution in [3.05, 3.63) is 29.8 Å². The zero-order valence-electron chi connectivity index (χ0n) is 9.58. The van der Waals surface area contributed by atoms with E-state index in [2.05, 4.69) is 11.4 Å². The van der Waals surface area contributed by atoms with E-state index in [-0.39, 0.29) is 5.91 Å². The Morgan fingerprint density at radius 2 is 2.00 bits per heavy atom. The molecule has 0 aliphatic carbocycles. The Hall–Kier alpha value is -1.53. The lowest BCUT2D eigenvalue weighted by atomic mass is 10.1. The van der Waals surface area contributed by atoms with Crippen LogP contribution in [0.5, 0.6) is 0 Å². The van der Waals surface area contributed by atoms with E-state index in [1.807, 2.05) is 24.3 Å². The molecule has 0 heterocycles. The van der Waals surface area contributed by atoms with Gasteiger partial charge in [-0.05, 0) is 30.5 Å². The van der Waals surface area contributed by atoms with Crippen LogP contribution in [0.3, 0.4) is 0 Å². The average molecular weight is 251 g/mol. The molecule has 1 N–H and O–H groups in total. The summed E-state index contributed by atoms with van der Waals surface area (Å²) in [5, 5.41) is 11.3. The molecule has 4 heteroatoms. The number of hydrogen-bond donors (Lipinski definition) is 1. The smallest absolute Gasteiger partial charge is 0.224 e. The molecule has 0 aliphatic rings. The largest absolute Gasteiger partial charge is 0.326 e. The quantitative estimate of drug-likeness (QED) is 0.623. The lowest BCUT2D eigenvalue weighted by Crippen LogP contribution is -2.11. The summed E-state index contributed by atoms with van der Waals surface area (Å²) in [6, 6.07) is 9.39. The van der Waals surface area contributed by atoms with E-state index in [1.54, 1.807) is 0 Å². The third-order valence-corrected chi connectivity index (χ3v) is 2.58. The number of nitriles is 1. The number of unbranched alkanes of at least 4 members (excludes halogenated alkanes) is 1. The van der Waals surface area contributed by atoms with E-state index < -0.39 is 0 Å². The number of nitrogens with one attached hydrogen (secondary N) is 1. The monoisotopic (exact) mass is 250 g/mol. The highest BCUT2D eigenvalue weighted by Crippen LogP contribution is 2.10. The van der Waals surface area contributed by atoms with Gasteiger partial charge in [-0.25, -0.2) is 0 Å². The van der Waals surface area contributed by atoms with Crippen LogP contribution in [0, 0.1) is 11.3 Å². The Bertz CT molecular complexity index is 395. The number of alkyl halides is 1. The summed E-state index contributed by atoms with van der Waals surface area (Å²) >= 11 is 5.53. The lowest BCUT2D eigenvalue weighted by molar-refractivity contribution is -0.116. The topological polar surface area (TPSA) is 52.9 Å². The molecule has 0 radical (unpaired) electrons. The van der Waals surface area contributed by atoms with Crippen LogP contribution in [-0.2, 0) is 11.2 Å². The predicted molar refractivity (Wildman–Crippen MR) is 69.0 cm³/mol. The minimum atomic E-state index is 0.00292. The highest BCUT2D eigenvalue weighted by Gasteiger charge is 2.01. The molecule has 0 bridgehead atoms. The van der Waals surface area contributed by atoms with Crippen LogP contribution in [0.4, 0.5) is 5.69 Å². The molecule has 0 unspecified atom stereocenters. The van der Waals surface area contributed by atoms with Gasteiger partial charge in [0, 0.05) is 18.0 Å². The fourth-order valence-corrected chi connectivity index (χ4v) is 1.59. The molecule has 0 saturated carbocycles. The van der Waals surface area contributed by atoms with Crippen LogP contribution in [0.1, 0.15) is 24.8 Å². The molecule has 0 spiro atoms. The van der Waals surface area contributed by atoms with Crippen molar-refractivity contribution < 1.29 is 4.79 Å². The molecular weight excluding hydrogens is 236 g/mol. The second-order valence-corrected chi connectivity index (χ2v) is 4.10. The summed E-state index contributed by atoms with van der Waals surface area (Å²) in [6.07, 6.45) is 2.55. The normalized spacial score (nSPS) is 9.65. The van der Waals surface area contributed by atoms with E-state index in [9.17, 15) is 4.79 Å². The summed E-state index contributed by atoms with van der Waals surface area (Å²) < 4.78 is 0. The highest BCUT2D eigenvalue weighted by atomic mass is 35.5. The van der Waals surface area contributed by atoms with E-state index in [4.69, 9.17) is 16.9 Å². The lowest BCUT2D eigenvalue weighted by Gasteiger charge is -2.05. The molecule has 0 atom stereocenters. The van der Waals surface area contributed by atoms with Crippen molar-refractivity contribution in [3.63, 3.8) is 0 Å². The van der Waals surface area contributed by atoms with E-state index in [1.165, 1.54) is 0 Å². The maximum Gasteiger partial charge on any atom is 0.224 e. The van der Waals surface area contributed by atoms with Gasteiger partial charge >= 0.3 is 0 Å². The molecule has 0 fully saturated rings. The zero-order valence-corrected chi connectivity index (χ0v) is 10.3. The molecule has 0 aliphatic heterocycles. The van der Waals surface area contributed by atoms with E-state index in [0.717, 1.165) is 24.1 Å². The Labute approximate surface area is 106 Å². The molecular formula is C13H15ClN2O.